The van der Waals surface area contributed by atoms with Crippen LogP contribution in [0.1, 0.15) is 48.4 Å². The fourth-order valence-electron chi connectivity index (χ4n) is 3.32. The highest BCUT2D eigenvalue weighted by molar-refractivity contribution is 6.33. The molecule has 1 aliphatic heterocycles. The molecule has 0 bridgehead atoms. The van der Waals surface area contributed by atoms with E-state index in [1.165, 1.54) is 0 Å². The molecule has 1 aliphatic rings. The second-order valence-electron chi connectivity index (χ2n) is 6.22. The molecule has 6 heteroatoms. The van der Waals surface area contributed by atoms with Gasteiger partial charge in [-0.2, -0.15) is 0 Å². The molecule has 1 fully saturated rings. The van der Waals surface area contributed by atoms with E-state index in [0.717, 1.165) is 41.8 Å². The van der Waals surface area contributed by atoms with Crippen LogP contribution in [-0.4, -0.2) is 22.6 Å². The van der Waals surface area contributed by atoms with Gasteiger partial charge in [-0.25, -0.2) is 4.79 Å². The number of anilines is 1. The third-order valence-corrected chi connectivity index (χ3v) is 4.83. The van der Waals surface area contributed by atoms with Crippen LogP contribution in [0.5, 0.6) is 0 Å². The van der Waals surface area contributed by atoms with Gasteiger partial charge in [-0.1, -0.05) is 29.7 Å². The van der Waals surface area contributed by atoms with Gasteiger partial charge >= 0.3 is 6.03 Å². The van der Waals surface area contributed by atoms with Crippen LogP contribution in [0.2, 0.25) is 5.02 Å². The summed E-state index contributed by atoms with van der Waals surface area (Å²) in [7, 11) is 0. The highest BCUT2D eigenvalue weighted by Crippen LogP contribution is 2.36. The Hall–Kier alpha value is -2.01. The Labute approximate surface area is 147 Å². The van der Waals surface area contributed by atoms with Gasteiger partial charge in [0.1, 0.15) is 5.76 Å². The van der Waals surface area contributed by atoms with E-state index in [9.17, 15) is 4.79 Å². The van der Waals surface area contributed by atoms with Crippen LogP contribution in [0.15, 0.2) is 22.7 Å². The number of hydrogen-bond acceptors (Lipinski definition) is 3. The van der Waals surface area contributed by atoms with Crippen molar-refractivity contribution >= 4 is 23.3 Å². The zero-order chi connectivity index (χ0) is 17.3. The molecule has 24 heavy (non-hydrogen) atoms. The Morgan fingerprint density at radius 2 is 2.25 bits per heavy atom. The van der Waals surface area contributed by atoms with Gasteiger partial charge in [0, 0.05) is 18.5 Å². The lowest BCUT2D eigenvalue weighted by Crippen LogP contribution is -2.35. The molecule has 2 aromatic rings. The number of amides is 2. The van der Waals surface area contributed by atoms with E-state index in [1.807, 2.05) is 43.9 Å². The molecule has 1 aromatic carbocycles. The Balaban J connectivity index is 1.82. The predicted molar refractivity (Wildman–Crippen MR) is 94.5 cm³/mol. The number of hydrogen-bond donors (Lipinski definition) is 1. The van der Waals surface area contributed by atoms with Crippen molar-refractivity contribution < 1.29 is 9.32 Å². The minimum Gasteiger partial charge on any atom is -0.361 e. The molecule has 0 spiro atoms. The van der Waals surface area contributed by atoms with E-state index in [-0.39, 0.29) is 12.1 Å². The summed E-state index contributed by atoms with van der Waals surface area (Å²) >= 11 is 6.23. The fraction of sp³-hybridized carbons (Fsp3) is 0.444. The standard InChI is InChI=1S/C18H22ClN3O2/c1-4-16-17(12(3)21-24-16)15-6-5-9-22(15)18(23)20-14-8-7-11(2)10-13(14)19/h7-8,10,15H,4-6,9H2,1-3H3,(H,20,23)/t15-/m0/s1. The molecule has 1 N–H and O–H groups in total. The normalized spacial score (nSPS) is 17.3. The maximum absolute atomic E-state index is 12.8. The van der Waals surface area contributed by atoms with Crippen LogP contribution in [0.4, 0.5) is 10.5 Å². The molecular formula is C18H22ClN3O2. The van der Waals surface area contributed by atoms with Crippen molar-refractivity contribution in [1.29, 1.82) is 0 Å². The van der Waals surface area contributed by atoms with Crippen LogP contribution in [0.25, 0.3) is 0 Å². The maximum atomic E-state index is 12.8. The first-order valence-corrected chi connectivity index (χ1v) is 8.68. The number of likely N-dealkylation sites (tertiary alicyclic amines) is 1. The second-order valence-corrected chi connectivity index (χ2v) is 6.63. The van der Waals surface area contributed by atoms with E-state index < -0.39 is 0 Å². The molecule has 1 saturated heterocycles. The smallest absolute Gasteiger partial charge is 0.322 e. The van der Waals surface area contributed by atoms with Gasteiger partial charge in [-0.15, -0.1) is 0 Å². The summed E-state index contributed by atoms with van der Waals surface area (Å²) < 4.78 is 5.41. The Morgan fingerprint density at radius 1 is 1.46 bits per heavy atom. The Bertz CT molecular complexity index is 757. The lowest BCUT2D eigenvalue weighted by atomic mass is 10.0. The van der Waals surface area contributed by atoms with Gasteiger partial charge in [0.25, 0.3) is 0 Å². The fourth-order valence-corrected chi connectivity index (χ4v) is 3.61. The molecule has 2 heterocycles. The summed E-state index contributed by atoms with van der Waals surface area (Å²) in [6, 6.07) is 5.49. The van der Waals surface area contributed by atoms with Crippen LogP contribution >= 0.6 is 11.6 Å². The van der Waals surface area contributed by atoms with Gasteiger partial charge < -0.3 is 14.7 Å². The quantitative estimate of drug-likeness (QED) is 0.861. The molecule has 0 saturated carbocycles. The van der Waals surface area contributed by atoms with Crippen molar-refractivity contribution in [2.45, 2.75) is 46.1 Å². The molecular weight excluding hydrogens is 326 g/mol. The van der Waals surface area contributed by atoms with E-state index in [0.29, 0.717) is 17.3 Å². The summed E-state index contributed by atoms with van der Waals surface area (Å²) in [6.45, 7) is 6.65. The van der Waals surface area contributed by atoms with Gasteiger partial charge in [0.15, 0.2) is 0 Å². The highest BCUT2D eigenvalue weighted by Gasteiger charge is 2.34. The third-order valence-electron chi connectivity index (χ3n) is 4.52. The van der Waals surface area contributed by atoms with Crippen LogP contribution in [0, 0.1) is 13.8 Å². The maximum Gasteiger partial charge on any atom is 0.322 e. The zero-order valence-electron chi connectivity index (χ0n) is 14.2. The van der Waals surface area contributed by atoms with E-state index in [4.69, 9.17) is 16.1 Å². The number of nitrogens with zero attached hydrogens (tertiary/aromatic N) is 2. The summed E-state index contributed by atoms with van der Waals surface area (Å²) in [5, 5.41) is 7.56. The topological polar surface area (TPSA) is 58.4 Å². The molecule has 3 rings (SSSR count). The largest absolute Gasteiger partial charge is 0.361 e. The first kappa shape index (κ1) is 16.8. The number of carbonyl (C=O) groups is 1. The average molecular weight is 348 g/mol. The van der Waals surface area contributed by atoms with Gasteiger partial charge in [-0.3, -0.25) is 0 Å². The number of halogens is 1. The minimum atomic E-state index is -0.133. The molecule has 0 unspecified atom stereocenters. The predicted octanol–water partition coefficient (Wildman–Crippen LogP) is 4.88. The highest BCUT2D eigenvalue weighted by atomic mass is 35.5. The summed E-state index contributed by atoms with van der Waals surface area (Å²) in [6.07, 6.45) is 2.66. The molecule has 0 aliphatic carbocycles. The lowest BCUT2D eigenvalue weighted by Gasteiger charge is -2.25. The first-order chi connectivity index (χ1) is 11.5. The van der Waals surface area contributed by atoms with E-state index in [1.54, 1.807) is 0 Å². The van der Waals surface area contributed by atoms with E-state index >= 15 is 0 Å². The van der Waals surface area contributed by atoms with Crippen LogP contribution in [0.3, 0.4) is 0 Å². The zero-order valence-corrected chi connectivity index (χ0v) is 15.0. The Kier molecular flexibility index (Phi) is 4.81. The molecule has 128 valence electrons. The van der Waals surface area contributed by atoms with Gasteiger partial charge in [0.05, 0.1) is 22.4 Å². The van der Waals surface area contributed by atoms with Crippen molar-refractivity contribution in [2.75, 3.05) is 11.9 Å². The monoisotopic (exact) mass is 347 g/mol. The van der Waals surface area contributed by atoms with Gasteiger partial charge in [-0.05, 0) is 44.4 Å². The molecule has 2 amide bonds. The van der Waals surface area contributed by atoms with Crippen LogP contribution < -0.4 is 5.32 Å². The molecule has 5 nitrogen and oxygen atoms in total. The van der Waals surface area contributed by atoms with Crippen molar-refractivity contribution in [3.8, 4) is 0 Å². The number of urea groups is 1. The summed E-state index contributed by atoms with van der Waals surface area (Å²) in [4.78, 5) is 14.6. The van der Waals surface area contributed by atoms with Crippen molar-refractivity contribution in [2.24, 2.45) is 0 Å². The average Bonchev–Trinajstić information content (AvgIpc) is 3.15. The minimum absolute atomic E-state index is 0.00965. The number of nitrogens with one attached hydrogen (secondary N) is 1. The first-order valence-electron chi connectivity index (χ1n) is 8.30. The molecule has 0 radical (unpaired) electrons. The SMILES string of the molecule is CCc1onc(C)c1[C@@H]1CCCN1C(=O)Nc1ccc(C)cc1Cl. The number of benzene rings is 1. The van der Waals surface area contributed by atoms with Gasteiger partial charge in [0.2, 0.25) is 0 Å². The third kappa shape index (κ3) is 3.13. The second kappa shape index (κ2) is 6.85. The van der Waals surface area contributed by atoms with Crippen molar-refractivity contribution in [1.82, 2.24) is 10.1 Å². The van der Waals surface area contributed by atoms with Crippen molar-refractivity contribution in [3.05, 3.63) is 45.8 Å². The Morgan fingerprint density at radius 3 is 2.96 bits per heavy atom. The number of aromatic nitrogens is 1. The molecule has 1 atom stereocenters. The number of aryl methyl sites for hydroxylation is 3. The number of carbonyl (C=O) groups excluding carboxylic acids is 1. The van der Waals surface area contributed by atoms with Crippen molar-refractivity contribution in [3.63, 3.8) is 0 Å². The summed E-state index contributed by atoms with van der Waals surface area (Å²) in [5.41, 5.74) is 3.62. The molecule has 1 aromatic heterocycles. The number of rotatable bonds is 3. The lowest BCUT2D eigenvalue weighted by molar-refractivity contribution is 0.206. The van der Waals surface area contributed by atoms with Crippen LogP contribution in [-0.2, 0) is 6.42 Å². The summed E-state index contributed by atoms with van der Waals surface area (Å²) in [5.74, 6) is 0.866. The van der Waals surface area contributed by atoms with E-state index in [2.05, 4.69) is 10.5 Å².